The van der Waals surface area contributed by atoms with E-state index in [1.54, 1.807) is 12.5 Å². The second-order valence-corrected chi connectivity index (χ2v) is 7.39. The molecule has 3 atom stereocenters. The highest BCUT2D eigenvalue weighted by atomic mass is 35.5. The summed E-state index contributed by atoms with van der Waals surface area (Å²) in [5, 5.41) is 8.78. The second kappa shape index (κ2) is 7.48. The summed E-state index contributed by atoms with van der Waals surface area (Å²) in [4.78, 5) is 11.1. The van der Waals surface area contributed by atoms with Gasteiger partial charge in [0.2, 0.25) is 5.28 Å². The van der Waals surface area contributed by atoms with Crippen LogP contribution < -0.4 is 4.90 Å². The largest absolute Gasteiger partial charge is 0.378 e. The lowest BCUT2D eigenvalue weighted by molar-refractivity contribution is 0.0552. The van der Waals surface area contributed by atoms with Crippen LogP contribution >= 0.6 is 11.6 Å². The molecule has 4 rings (SSSR count). The summed E-state index contributed by atoms with van der Waals surface area (Å²) in [6.07, 6.45) is 10.2. The zero-order valence-electron chi connectivity index (χ0n) is 15.3. The Morgan fingerprint density at radius 2 is 2.19 bits per heavy atom. The average molecular weight is 377 g/mol. The van der Waals surface area contributed by atoms with Crippen molar-refractivity contribution < 1.29 is 4.74 Å². The first-order chi connectivity index (χ1) is 12.7. The fraction of sp³-hybridized carbons (Fsp3) is 0.667. The van der Waals surface area contributed by atoms with E-state index in [9.17, 15) is 0 Å². The topological polar surface area (TPSA) is 69.0 Å². The van der Waals surface area contributed by atoms with E-state index >= 15 is 0 Å². The maximum Gasteiger partial charge on any atom is 0.224 e. The maximum atomic E-state index is 6.14. The highest BCUT2D eigenvalue weighted by Gasteiger charge is 2.40. The van der Waals surface area contributed by atoms with Gasteiger partial charge >= 0.3 is 0 Å². The molecule has 1 fully saturated rings. The first-order valence-electron chi connectivity index (χ1n) is 9.55. The van der Waals surface area contributed by atoms with Crippen molar-refractivity contribution in [2.45, 2.75) is 70.6 Å². The molecule has 0 amide bonds. The smallest absolute Gasteiger partial charge is 0.224 e. The van der Waals surface area contributed by atoms with E-state index in [0.717, 1.165) is 56.0 Å². The standard InChI is InChI=1S/C18H25ClN6O/c1-3-5-8-26-13-7-6-12(9-13)25-14(4-2)17-23-21-11-24(17)15-10-20-18(19)22-16(15)25/h10-14H,3-9H2,1-2H3/t12?,13?,14-/m1/s1. The van der Waals surface area contributed by atoms with Gasteiger partial charge in [-0.3, -0.25) is 4.57 Å². The Morgan fingerprint density at radius 3 is 3.00 bits per heavy atom. The van der Waals surface area contributed by atoms with Crippen LogP contribution in [0.3, 0.4) is 0 Å². The van der Waals surface area contributed by atoms with Crippen molar-refractivity contribution in [2.75, 3.05) is 11.5 Å². The maximum absolute atomic E-state index is 6.14. The van der Waals surface area contributed by atoms with E-state index in [2.05, 4.69) is 38.9 Å². The molecule has 7 nitrogen and oxygen atoms in total. The third-order valence-corrected chi connectivity index (χ3v) is 5.60. The van der Waals surface area contributed by atoms with Gasteiger partial charge in [-0.15, -0.1) is 10.2 Å². The van der Waals surface area contributed by atoms with Crippen molar-refractivity contribution >= 4 is 17.4 Å². The Bertz CT molecular complexity index is 766. The fourth-order valence-electron chi connectivity index (χ4n) is 4.16. The minimum atomic E-state index is 0.135. The zero-order valence-corrected chi connectivity index (χ0v) is 16.1. The molecular formula is C18H25ClN6O. The van der Waals surface area contributed by atoms with Crippen molar-refractivity contribution in [3.05, 3.63) is 23.6 Å². The zero-order chi connectivity index (χ0) is 18.1. The Labute approximate surface area is 158 Å². The van der Waals surface area contributed by atoms with Crippen LogP contribution in [-0.4, -0.2) is 43.5 Å². The van der Waals surface area contributed by atoms with Crippen LogP contribution in [0.1, 0.15) is 64.2 Å². The van der Waals surface area contributed by atoms with Gasteiger partial charge in [-0.25, -0.2) is 4.98 Å². The van der Waals surface area contributed by atoms with Gasteiger partial charge in [0, 0.05) is 12.6 Å². The van der Waals surface area contributed by atoms with Gasteiger partial charge in [0.25, 0.3) is 0 Å². The first kappa shape index (κ1) is 17.7. The number of ether oxygens (including phenoxy) is 1. The summed E-state index contributed by atoms with van der Waals surface area (Å²) in [5.41, 5.74) is 0.898. The predicted octanol–water partition coefficient (Wildman–Crippen LogP) is 3.72. The van der Waals surface area contributed by atoms with E-state index in [0.29, 0.717) is 12.1 Å². The number of unbranched alkanes of at least 4 members (excludes halogenated alkanes) is 1. The molecule has 0 N–H and O–H groups in total. The molecule has 8 heteroatoms. The fourth-order valence-corrected chi connectivity index (χ4v) is 4.29. The highest BCUT2D eigenvalue weighted by Crippen LogP contribution is 2.43. The molecule has 1 aliphatic carbocycles. The molecule has 0 aromatic carbocycles. The van der Waals surface area contributed by atoms with Gasteiger partial charge in [-0.2, -0.15) is 4.98 Å². The lowest BCUT2D eigenvalue weighted by Crippen LogP contribution is -2.42. The van der Waals surface area contributed by atoms with Crippen LogP contribution in [-0.2, 0) is 4.74 Å². The van der Waals surface area contributed by atoms with Crippen LogP contribution in [0.25, 0.3) is 5.69 Å². The number of hydrogen-bond donors (Lipinski definition) is 0. The molecule has 1 aliphatic heterocycles. The molecule has 0 saturated heterocycles. The lowest BCUT2D eigenvalue weighted by Gasteiger charge is -2.40. The van der Waals surface area contributed by atoms with Crippen LogP contribution in [0.2, 0.25) is 5.28 Å². The summed E-state index contributed by atoms with van der Waals surface area (Å²) < 4.78 is 8.07. The van der Waals surface area contributed by atoms with Crippen molar-refractivity contribution in [1.29, 1.82) is 0 Å². The van der Waals surface area contributed by atoms with Gasteiger partial charge < -0.3 is 9.64 Å². The third kappa shape index (κ3) is 3.07. The Morgan fingerprint density at radius 1 is 1.31 bits per heavy atom. The number of halogens is 1. The molecule has 3 heterocycles. The van der Waals surface area contributed by atoms with Crippen LogP contribution in [0.15, 0.2) is 12.5 Å². The number of aromatic nitrogens is 5. The SMILES string of the molecule is CCCCOC1CCC(N2c3nc(Cl)ncc3-n3cnnc3[C@H]2CC)C1. The number of rotatable bonds is 6. The number of hydrogen-bond acceptors (Lipinski definition) is 6. The molecule has 2 unspecified atom stereocenters. The van der Waals surface area contributed by atoms with Crippen LogP contribution in [0.4, 0.5) is 5.82 Å². The second-order valence-electron chi connectivity index (χ2n) is 7.05. The summed E-state index contributed by atoms with van der Waals surface area (Å²) >= 11 is 6.14. The molecule has 2 aromatic rings. The van der Waals surface area contributed by atoms with Gasteiger partial charge in [0.1, 0.15) is 12.0 Å². The van der Waals surface area contributed by atoms with Gasteiger partial charge in [-0.05, 0) is 43.7 Å². The molecule has 2 aromatic heterocycles. The monoisotopic (exact) mass is 376 g/mol. The highest BCUT2D eigenvalue weighted by molar-refractivity contribution is 6.28. The minimum absolute atomic E-state index is 0.135. The molecule has 1 saturated carbocycles. The quantitative estimate of drug-likeness (QED) is 0.565. The molecule has 140 valence electrons. The third-order valence-electron chi connectivity index (χ3n) is 5.42. The van der Waals surface area contributed by atoms with Crippen LogP contribution in [0.5, 0.6) is 0 Å². The summed E-state index contributed by atoms with van der Waals surface area (Å²) in [7, 11) is 0. The first-order valence-corrected chi connectivity index (χ1v) is 9.93. The van der Waals surface area contributed by atoms with Crippen molar-refractivity contribution in [3.8, 4) is 5.69 Å². The van der Waals surface area contributed by atoms with Crippen molar-refractivity contribution in [3.63, 3.8) is 0 Å². The lowest BCUT2D eigenvalue weighted by atomic mass is 10.0. The molecular weight excluding hydrogens is 352 g/mol. The summed E-state index contributed by atoms with van der Waals surface area (Å²) in [6.45, 7) is 5.22. The number of fused-ring (bicyclic) bond motifs is 3. The Hall–Kier alpha value is -1.73. The number of anilines is 1. The Balaban J connectivity index is 1.64. The summed E-state index contributed by atoms with van der Waals surface area (Å²) in [6, 6.07) is 0.497. The van der Waals surface area contributed by atoms with Crippen molar-refractivity contribution in [1.82, 2.24) is 24.7 Å². The van der Waals surface area contributed by atoms with Crippen molar-refractivity contribution in [2.24, 2.45) is 0 Å². The number of nitrogens with zero attached hydrogens (tertiary/aromatic N) is 6. The van der Waals surface area contributed by atoms with Crippen LogP contribution in [0, 0.1) is 0 Å². The van der Waals surface area contributed by atoms with Gasteiger partial charge in [-0.1, -0.05) is 20.3 Å². The molecule has 0 radical (unpaired) electrons. The van der Waals surface area contributed by atoms with E-state index in [-0.39, 0.29) is 11.3 Å². The Kier molecular flexibility index (Phi) is 5.09. The average Bonchev–Trinajstić information content (AvgIpc) is 3.30. The molecule has 0 bridgehead atoms. The predicted molar refractivity (Wildman–Crippen MR) is 99.8 cm³/mol. The molecule has 26 heavy (non-hydrogen) atoms. The van der Waals surface area contributed by atoms with Gasteiger partial charge in [0.15, 0.2) is 11.6 Å². The minimum Gasteiger partial charge on any atom is -0.378 e. The normalized spacial score (nSPS) is 24.6. The molecule has 2 aliphatic rings. The summed E-state index contributed by atoms with van der Waals surface area (Å²) in [5.74, 6) is 1.82. The molecule has 0 spiro atoms. The van der Waals surface area contributed by atoms with E-state index < -0.39 is 0 Å². The van der Waals surface area contributed by atoms with Gasteiger partial charge in [0.05, 0.1) is 18.3 Å². The van der Waals surface area contributed by atoms with E-state index in [1.165, 1.54) is 6.42 Å². The van der Waals surface area contributed by atoms with E-state index in [1.807, 2.05) is 4.57 Å². The van der Waals surface area contributed by atoms with E-state index in [4.69, 9.17) is 16.3 Å².